The monoisotopic (exact) mass is 613 g/mol. The predicted molar refractivity (Wildman–Crippen MR) is 141 cm³/mol. The number of ether oxygens (including phenoxy) is 1. The number of nitrogens with one attached hydrogen (secondary N) is 3. The van der Waals surface area contributed by atoms with Gasteiger partial charge in [-0.25, -0.2) is 4.98 Å². The minimum Gasteiger partial charge on any atom is -0.484 e. The highest BCUT2D eigenvalue weighted by Gasteiger charge is 2.69. The van der Waals surface area contributed by atoms with Crippen molar-refractivity contribution in [1.29, 1.82) is 0 Å². The molecule has 6 atom stereocenters. The first-order chi connectivity index (χ1) is 20.0. The van der Waals surface area contributed by atoms with E-state index in [1.165, 1.54) is 24.8 Å². The van der Waals surface area contributed by atoms with Gasteiger partial charge in [0.25, 0.3) is 0 Å². The molecule has 3 aliphatic rings. The number of hydrogen-bond acceptors (Lipinski definition) is 7. The maximum Gasteiger partial charge on any atom is 0.471 e. The van der Waals surface area contributed by atoms with Gasteiger partial charge in [0, 0.05) is 19.0 Å². The van der Waals surface area contributed by atoms with E-state index in [0.29, 0.717) is 13.0 Å². The Hall–Kier alpha value is -3.78. The van der Waals surface area contributed by atoms with Crippen LogP contribution in [-0.4, -0.2) is 83.3 Å². The zero-order valence-electron chi connectivity index (χ0n) is 24.2. The number of piperidine rings is 1. The predicted octanol–water partition coefficient (Wildman–Crippen LogP) is 1.37. The number of aromatic nitrogens is 1. The lowest BCUT2D eigenvalue weighted by Gasteiger charge is -2.35. The first-order valence-electron chi connectivity index (χ1n) is 14.1. The zero-order chi connectivity index (χ0) is 31.9. The minimum atomic E-state index is -5.20. The molecule has 3 heterocycles. The van der Waals surface area contributed by atoms with Crippen molar-refractivity contribution in [3.63, 3.8) is 0 Å². The molecule has 4 amide bonds. The molecule has 11 nitrogen and oxygen atoms in total. The van der Waals surface area contributed by atoms with Gasteiger partial charge in [-0.1, -0.05) is 27.7 Å². The fraction of sp³-hybridized carbons (Fsp3) is 0.643. The van der Waals surface area contributed by atoms with Gasteiger partial charge in [0.05, 0.1) is 12.2 Å². The van der Waals surface area contributed by atoms with Crippen molar-refractivity contribution < 1.29 is 46.3 Å². The van der Waals surface area contributed by atoms with Crippen LogP contribution in [0.3, 0.4) is 0 Å². The molecule has 3 fully saturated rings. The third-order valence-electron chi connectivity index (χ3n) is 8.71. The van der Waals surface area contributed by atoms with E-state index in [9.17, 15) is 41.5 Å². The molecular weight excluding hydrogens is 578 g/mol. The summed E-state index contributed by atoms with van der Waals surface area (Å²) in [6.07, 6.45) is -3.73. The quantitative estimate of drug-likeness (QED) is 0.252. The first kappa shape index (κ1) is 32.1. The molecule has 2 aliphatic heterocycles. The third-order valence-corrected chi connectivity index (χ3v) is 8.71. The number of carbonyl (C=O) groups excluding carboxylic acids is 5. The SMILES string of the molecule is CC(C)[C@H](NC(=O)C(F)(F)F)C(=O)N1C[C@H]2[C@@H]([C@H]1C(=O)N[C@@H](C[C@@H]1CCNC1=O)C(=O)COc1ccc(F)nc1)C2(C)C. The molecule has 0 spiro atoms. The molecule has 1 saturated carbocycles. The number of Topliss-reactive ketones (excluding diaryl/α,β-unsaturated/α-hetero) is 1. The van der Waals surface area contributed by atoms with Crippen molar-refractivity contribution in [2.24, 2.45) is 29.1 Å². The number of rotatable bonds is 11. The van der Waals surface area contributed by atoms with Gasteiger partial charge in [-0.2, -0.15) is 17.6 Å². The molecule has 15 heteroatoms. The maximum atomic E-state index is 13.8. The van der Waals surface area contributed by atoms with Crippen LogP contribution in [0.2, 0.25) is 0 Å². The van der Waals surface area contributed by atoms with E-state index in [4.69, 9.17) is 4.74 Å². The summed E-state index contributed by atoms with van der Waals surface area (Å²) in [5, 5.41) is 7.12. The Balaban J connectivity index is 1.54. The van der Waals surface area contributed by atoms with E-state index in [1.54, 1.807) is 5.32 Å². The summed E-state index contributed by atoms with van der Waals surface area (Å²) in [5.41, 5.74) is -0.356. The fourth-order valence-electron chi connectivity index (χ4n) is 6.11. The molecule has 0 aromatic carbocycles. The second kappa shape index (κ2) is 12.1. The molecule has 2 saturated heterocycles. The van der Waals surface area contributed by atoms with E-state index in [2.05, 4.69) is 15.6 Å². The van der Waals surface area contributed by atoms with E-state index in [-0.39, 0.29) is 41.9 Å². The standard InChI is InChI=1S/C28H35F4N5O6/c1-13(2)21(36-26(42)28(30,31)32)25(41)37-11-16-20(27(16,3)4)22(37)24(40)35-17(9-14-7-8-33-23(14)39)18(38)12-43-15-5-6-19(29)34-10-15/h5-6,10,13-14,16-17,20-22H,7-9,11-12H2,1-4H3,(H,33,39)(H,35,40)(H,36,42)/t14-,16-,17-,20-,21-,22-/m0/s1. The lowest BCUT2D eigenvalue weighted by molar-refractivity contribution is -0.175. The summed E-state index contributed by atoms with van der Waals surface area (Å²) >= 11 is 0. The summed E-state index contributed by atoms with van der Waals surface area (Å²) in [5.74, 6) is -7.05. The number of fused-ring (bicyclic) bond motifs is 1. The van der Waals surface area contributed by atoms with Crippen LogP contribution in [0.15, 0.2) is 18.3 Å². The number of likely N-dealkylation sites (tertiary alicyclic amines) is 1. The summed E-state index contributed by atoms with van der Waals surface area (Å²) in [7, 11) is 0. The number of ketones is 1. The number of alkyl halides is 3. The zero-order valence-corrected chi connectivity index (χ0v) is 24.2. The lowest BCUT2D eigenvalue weighted by Crippen LogP contribution is -2.59. The maximum absolute atomic E-state index is 13.8. The lowest BCUT2D eigenvalue weighted by atomic mass is 9.94. The van der Waals surface area contributed by atoms with Crippen molar-refractivity contribution >= 4 is 29.4 Å². The third kappa shape index (κ3) is 6.90. The van der Waals surface area contributed by atoms with Crippen LogP contribution in [0.4, 0.5) is 17.6 Å². The van der Waals surface area contributed by atoms with Gasteiger partial charge < -0.3 is 25.6 Å². The normalized spacial score (nSPS) is 25.4. The molecule has 3 N–H and O–H groups in total. The van der Waals surface area contributed by atoms with E-state index >= 15 is 0 Å². The van der Waals surface area contributed by atoms with Gasteiger partial charge in [0.15, 0.2) is 5.78 Å². The Morgan fingerprint density at radius 3 is 2.44 bits per heavy atom. The minimum absolute atomic E-state index is 0.0458. The van der Waals surface area contributed by atoms with Crippen LogP contribution in [-0.2, 0) is 24.0 Å². The fourth-order valence-corrected chi connectivity index (χ4v) is 6.11. The van der Waals surface area contributed by atoms with Crippen LogP contribution in [0, 0.1) is 35.0 Å². The summed E-state index contributed by atoms with van der Waals surface area (Å²) in [6.45, 7) is 6.73. The molecule has 1 aliphatic carbocycles. The highest BCUT2D eigenvalue weighted by molar-refractivity contribution is 5.97. The number of hydrogen-bond donors (Lipinski definition) is 3. The Bertz CT molecular complexity index is 1270. The van der Waals surface area contributed by atoms with Gasteiger partial charge in [-0.3, -0.25) is 24.0 Å². The van der Waals surface area contributed by atoms with Crippen molar-refractivity contribution in [3.05, 3.63) is 24.3 Å². The van der Waals surface area contributed by atoms with Gasteiger partial charge in [0.1, 0.15) is 24.4 Å². The topological polar surface area (TPSA) is 147 Å². The van der Waals surface area contributed by atoms with Crippen LogP contribution < -0.4 is 20.7 Å². The highest BCUT2D eigenvalue weighted by Crippen LogP contribution is 2.65. The van der Waals surface area contributed by atoms with E-state index < -0.39 is 72.2 Å². The molecule has 4 rings (SSSR count). The molecule has 43 heavy (non-hydrogen) atoms. The molecule has 236 valence electrons. The summed E-state index contributed by atoms with van der Waals surface area (Å²) in [6, 6.07) is -1.54. The Morgan fingerprint density at radius 2 is 1.88 bits per heavy atom. The van der Waals surface area contributed by atoms with E-state index in [0.717, 1.165) is 12.3 Å². The number of amides is 4. The average Bonchev–Trinajstić information content (AvgIpc) is 3.27. The summed E-state index contributed by atoms with van der Waals surface area (Å²) in [4.78, 5) is 69.3. The van der Waals surface area contributed by atoms with Crippen molar-refractivity contribution in [2.75, 3.05) is 19.7 Å². The second-order valence-corrected chi connectivity index (χ2v) is 12.2. The van der Waals surface area contributed by atoms with Gasteiger partial charge in [-0.05, 0) is 48.1 Å². The molecule has 1 aromatic heterocycles. The van der Waals surface area contributed by atoms with Crippen molar-refractivity contribution in [1.82, 2.24) is 25.8 Å². The van der Waals surface area contributed by atoms with Crippen LogP contribution in [0.25, 0.3) is 0 Å². The van der Waals surface area contributed by atoms with Gasteiger partial charge in [-0.15, -0.1) is 0 Å². The average molecular weight is 614 g/mol. The number of carbonyl (C=O) groups is 5. The Kier molecular flexibility index (Phi) is 9.03. The second-order valence-electron chi connectivity index (χ2n) is 12.2. The molecule has 1 aromatic rings. The van der Waals surface area contributed by atoms with Gasteiger partial charge in [0.2, 0.25) is 23.7 Å². The molecule has 0 bridgehead atoms. The number of halogens is 4. The molecule has 0 radical (unpaired) electrons. The van der Waals surface area contributed by atoms with E-state index in [1.807, 2.05) is 13.8 Å². The summed E-state index contributed by atoms with van der Waals surface area (Å²) < 4.78 is 57.6. The van der Waals surface area contributed by atoms with Crippen molar-refractivity contribution in [3.8, 4) is 5.75 Å². The highest BCUT2D eigenvalue weighted by atomic mass is 19.4. The first-order valence-corrected chi connectivity index (χ1v) is 14.1. The largest absolute Gasteiger partial charge is 0.484 e. The Labute approximate surface area is 245 Å². The number of pyridine rings is 1. The van der Waals surface area contributed by atoms with Crippen LogP contribution >= 0.6 is 0 Å². The Morgan fingerprint density at radius 1 is 1.19 bits per heavy atom. The van der Waals surface area contributed by atoms with Crippen LogP contribution in [0.1, 0.15) is 40.5 Å². The number of nitrogens with zero attached hydrogens (tertiary/aromatic N) is 2. The van der Waals surface area contributed by atoms with Crippen LogP contribution in [0.5, 0.6) is 5.75 Å². The smallest absolute Gasteiger partial charge is 0.471 e. The molecular formula is C28H35F4N5O6. The van der Waals surface area contributed by atoms with Gasteiger partial charge >= 0.3 is 12.1 Å². The van der Waals surface area contributed by atoms with Crippen molar-refractivity contribution in [2.45, 2.75) is 64.8 Å². The molecule has 0 unspecified atom stereocenters.